The second-order valence-electron chi connectivity index (χ2n) is 4.40. The second-order valence-corrected chi connectivity index (χ2v) is 4.40. The molecular weight excluding hydrogens is 190 g/mol. The third-order valence-electron chi connectivity index (χ3n) is 3.56. The Hall–Kier alpha value is -1.25. The molecular formula is C12H14NO2. The highest BCUT2D eigenvalue weighted by atomic mass is 16.5. The fraction of sp³-hybridized carbons (Fsp3) is 0.500. The van der Waals surface area contributed by atoms with Crippen molar-refractivity contribution >= 4 is 5.97 Å². The fourth-order valence-electron chi connectivity index (χ4n) is 2.79. The molecule has 1 spiro atoms. The standard InChI is InChI=1S/C12H14NO2/c14-11-10-9(8-15-11)4-7-13-12(10)5-2-1-3-6-12/h1,4,7,13H,2-3,5-6,8H2. The Morgan fingerprint density at radius 1 is 1.33 bits per heavy atom. The van der Waals surface area contributed by atoms with Gasteiger partial charge in [0.1, 0.15) is 6.61 Å². The Morgan fingerprint density at radius 2 is 2.13 bits per heavy atom. The van der Waals surface area contributed by atoms with Gasteiger partial charge in [0, 0.05) is 5.57 Å². The molecule has 3 rings (SSSR count). The van der Waals surface area contributed by atoms with Crippen molar-refractivity contribution in [3.63, 3.8) is 0 Å². The number of esters is 1. The van der Waals surface area contributed by atoms with Gasteiger partial charge in [0.25, 0.3) is 0 Å². The molecule has 0 aromatic rings. The zero-order valence-electron chi connectivity index (χ0n) is 8.58. The summed E-state index contributed by atoms with van der Waals surface area (Å²) in [4.78, 5) is 11.7. The summed E-state index contributed by atoms with van der Waals surface area (Å²) < 4.78 is 5.11. The van der Waals surface area contributed by atoms with Gasteiger partial charge in [-0.2, -0.15) is 0 Å². The molecule has 2 aliphatic heterocycles. The largest absolute Gasteiger partial charge is 0.457 e. The van der Waals surface area contributed by atoms with E-state index in [9.17, 15) is 4.79 Å². The van der Waals surface area contributed by atoms with E-state index in [1.807, 2.05) is 12.3 Å². The molecule has 0 atom stereocenters. The highest BCUT2D eigenvalue weighted by Crippen LogP contribution is 2.40. The summed E-state index contributed by atoms with van der Waals surface area (Å²) >= 11 is 0. The summed E-state index contributed by atoms with van der Waals surface area (Å²) in [5.74, 6) is -0.122. The van der Waals surface area contributed by atoms with Crippen LogP contribution in [0.25, 0.3) is 0 Å². The Balaban J connectivity index is 2.02. The maximum atomic E-state index is 11.7. The van der Waals surface area contributed by atoms with Crippen molar-refractivity contribution in [3.8, 4) is 0 Å². The first-order valence-corrected chi connectivity index (χ1v) is 5.48. The topological polar surface area (TPSA) is 38.3 Å². The lowest BCUT2D eigenvalue weighted by Gasteiger charge is -2.39. The van der Waals surface area contributed by atoms with Crippen molar-refractivity contribution in [1.29, 1.82) is 0 Å². The maximum Gasteiger partial charge on any atom is 0.337 e. The number of hydrogen-bond donors (Lipinski definition) is 1. The van der Waals surface area contributed by atoms with Crippen LogP contribution in [0.2, 0.25) is 0 Å². The van der Waals surface area contributed by atoms with Crippen molar-refractivity contribution in [1.82, 2.24) is 5.32 Å². The summed E-state index contributed by atoms with van der Waals surface area (Å²) in [7, 11) is 0. The van der Waals surface area contributed by atoms with E-state index in [2.05, 4.69) is 11.7 Å². The summed E-state index contributed by atoms with van der Waals surface area (Å²) in [5.41, 5.74) is 1.82. The van der Waals surface area contributed by atoms with E-state index in [-0.39, 0.29) is 11.5 Å². The smallest absolute Gasteiger partial charge is 0.337 e. The number of carbonyl (C=O) groups is 1. The molecule has 1 radical (unpaired) electrons. The normalized spacial score (nSPS) is 27.6. The minimum Gasteiger partial charge on any atom is -0.457 e. The number of carbonyl (C=O) groups excluding carboxylic acids is 1. The van der Waals surface area contributed by atoms with Crippen molar-refractivity contribution in [2.45, 2.75) is 31.2 Å². The van der Waals surface area contributed by atoms with E-state index in [4.69, 9.17) is 4.74 Å². The van der Waals surface area contributed by atoms with Crippen LogP contribution >= 0.6 is 0 Å². The molecule has 0 unspecified atom stereocenters. The van der Waals surface area contributed by atoms with Crippen LogP contribution in [0.1, 0.15) is 25.7 Å². The molecule has 1 fully saturated rings. The van der Waals surface area contributed by atoms with E-state index in [0.717, 1.165) is 36.8 Å². The monoisotopic (exact) mass is 204 g/mol. The summed E-state index contributed by atoms with van der Waals surface area (Å²) in [6, 6.07) is 0. The Morgan fingerprint density at radius 3 is 2.93 bits per heavy atom. The maximum absolute atomic E-state index is 11.7. The Bertz CT molecular complexity index is 362. The quantitative estimate of drug-likeness (QED) is 0.607. The first-order chi connectivity index (χ1) is 7.32. The number of ether oxygens (including phenoxy) is 1. The molecule has 0 aromatic carbocycles. The van der Waals surface area contributed by atoms with Crippen LogP contribution in [0.5, 0.6) is 0 Å². The average molecular weight is 204 g/mol. The van der Waals surface area contributed by atoms with Crippen LogP contribution in [0.4, 0.5) is 0 Å². The molecule has 2 heterocycles. The molecule has 0 saturated heterocycles. The number of dihydropyridines is 1. The highest BCUT2D eigenvalue weighted by Gasteiger charge is 2.44. The van der Waals surface area contributed by atoms with Crippen molar-refractivity contribution < 1.29 is 9.53 Å². The van der Waals surface area contributed by atoms with Gasteiger partial charge in [-0.05, 0) is 44.4 Å². The molecule has 3 nitrogen and oxygen atoms in total. The van der Waals surface area contributed by atoms with Crippen LogP contribution in [-0.2, 0) is 9.53 Å². The van der Waals surface area contributed by atoms with Gasteiger partial charge in [0.05, 0.1) is 11.1 Å². The SMILES string of the molecule is O=C1OCC2=C1C1(CC[CH]CC1)NC=C2. The lowest BCUT2D eigenvalue weighted by molar-refractivity contribution is -0.136. The molecule has 1 saturated carbocycles. The molecule has 0 amide bonds. The van der Waals surface area contributed by atoms with Gasteiger partial charge in [-0.1, -0.05) is 0 Å². The molecule has 79 valence electrons. The van der Waals surface area contributed by atoms with Gasteiger partial charge >= 0.3 is 5.97 Å². The van der Waals surface area contributed by atoms with E-state index < -0.39 is 0 Å². The zero-order valence-corrected chi connectivity index (χ0v) is 8.58. The first-order valence-electron chi connectivity index (χ1n) is 5.48. The van der Waals surface area contributed by atoms with Crippen LogP contribution in [0.15, 0.2) is 23.4 Å². The molecule has 0 aromatic heterocycles. The van der Waals surface area contributed by atoms with Crippen LogP contribution in [0, 0.1) is 6.42 Å². The third-order valence-corrected chi connectivity index (χ3v) is 3.56. The molecule has 0 bridgehead atoms. The molecule has 15 heavy (non-hydrogen) atoms. The zero-order chi connectivity index (χ0) is 10.3. The lowest BCUT2D eigenvalue weighted by Crippen LogP contribution is -2.49. The van der Waals surface area contributed by atoms with Crippen molar-refractivity contribution in [3.05, 3.63) is 29.8 Å². The van der Waals surface area contributed by atoms with Gasteiger partial charge in [-0.3, -0.25) is 0 Å². The van der Waals surface area contributed by atoms with Gasteiger partial charge < -0.3 is 10.1 Å². The first kappa shape index (κ1) is 9.01. The highest BCUT2D eigenvalue weighted by molar-refractivity contribution is 5.95. The number of nitrogens with one attached hydrogen (secondary N) is 1. The van der Waals surface area contributed by atoms with Gasteiger partial charge in [-0.25, -0.2) is 4.79 Å². The minimum absolute atomic E-state index is 0.122. The predicted octanol–water partition coefficient (Wildman–Crippen LogP) is 1.47. The van der Waals surface area contributed by atoms with E-state index in [1.165, 1.54) is 0 Å². The molecule has 1 aliphatic carbocycles. The summed E-state index contributed by atoms with van der Waals surface area (Å²) in [6.45, 7) is 0.456. The number of fused-ring (bicyclic) bond motifs is 1. The molecule has 3 aliphatic rings. The molecule has 3 heteroatoms. The average Bonchev–Trinajstić information content (AvgIpc) is 2.63. The Kier molecular flexibility index (Phi) is 1.87. The summed E-state index contributed by atoms with van der Waals surface area (Å²) in [6.07, 6.45) is 10.4. The van der Waals surface area contributed by atoms with Crippen LogP contribution in [-0.4, -0.2) is 18.1 Å². The predicted molar refractivity (Wildman–Crippen MR) is 55.8 cm³/mol. The Labute approximate surface area is 89.2 Å². The van der Waals surface area contributed by atoms with E-state index in [1.54, 1.807) is 0 Å². The van der Waals surface area contributed by atoms with Gasteiger partial charge in [0.2, 0.25) is 0 Å². The lowest BCUT2D eigenvalue weighted by atomic mass is 9.74. The van der Waals surface area contributed by atoms with Gasteiger partial charge in [0.15, 0.2) is 0 Å². The second kappa shape index (κ2) is 3.12. The minimum atomic E-state index is -0.133. The number of rotatable bonds is 0. The number of hydrogen-bond acceptors (Lipinski definition) is 3. The van der Waals surface area contributed by atoms with E-state index in [0.29, 0.717) is 6.61 Å². The van der Waals surface area contributed by atoms with Crippen LogP contribution in [0.3, 0.4) is 0 Å². The third kappa shape index (κ3) is 1.22. The van der Waals surface area contributed by atoms with Crippen molar-refractivity contribution in [2.75, 3.05) is 6.61 Å². The fourth-order valence-corrected chi connectivity index (χ4v) is 2.79. The number of cyclic esters (lactones) is 1. The van der Waals surface area contributed by atoms with E-state index >= 15 is 0 Å². The molecule has 1 N–H and O–H groups in total. The summed E-state index contributed by atoms with van der Waals surface area (Å²) in [5, 5.41) is 3.38. The van der Waals surface area contributed by atoms with Gasteiger partial charge in [-0.15, -0.1) is 0 Å². The van der Waals surface area contributed by atoms with Crippen molar-refractivity contribution in [2.24, 2.45) is 0 Å². The van der Waals surface area contributed by atoms with Crippen LogP contribution < -0.4 is 5.32 Å².